The van der Waals surface area contributed by atoms with Crippen LogP contribution < -0.4 is 11.2 Å². The van der Waals surface area contributed by atoms with E-state index in [9.17, 15) is 14.0 Å². The summed E-state index contributed by atoms with van der Waals surface area (Å²) in [6.07, 6.45) is 3.43. The number of nitrogens with one attached hydrogen (secondary N) is 1. The van der Waals surface area contributed by atoms with Gasteiger partial charge in [0, 0.05) is 6.54 Å². The molecular weight excluding hydrogens is 407 g/mol. The highest BCUT2D eigenvalue weighted by molar-refractivity contribution is 5.81. The summed E-state index contributed by atoms with van der Waals surface area (Å²) in [6.45, 7) is 8.72. The van der Waals surface area contributed by atoms with Crippen molar-refractivity contribution in [3.05, 3.63) is 79.7 Å². The smallest absolute Gasteiger partial charge is 0.322 e. The highest BCUT2D eigenvalue weighted by atomic mass is 19.1. The topological polar surface area (TPSA) is 80.6 Å². The van der Waals surface area contributed by atoms with E-state index in [1.54, 1.807) is 12.1 Å². The Morgan fingerprint density at radius 2 is 1.75 bits per heavy atom. The van der Waals surface area contributed by atoms with Gasteiger partial charge in [0.15, 0.2) is 11.5 Å². The van der Waals surface area contributed by atoms with Gasteiger partial charge in [-0.1, -0.05) is 39.3 Å². The van der Waals surface area contributed by atoms with Crippen LogP contribution in [0.25, 0.3) is 22.6 Å². The molecule has 0 amide bonds. The Morgan fingerprint density at radius 3 is 2.44 bits per heavy atom. The molecule has 7 heteroatoms. The highest BCUT2D eigenvalue weighted by Crippen LogP contribution is 2.25. The number of aryl methyl sites for hydroxylation is 4. The average Bonchev–Trinajstić information content (AvgIpc) is 2.78. The van der Waals surface area contributed by atoms with Gasteiger partial charge in [0.1, 0.15) is 5.82 Å². The molecule has 0 saturated carbocycles. The predicted octanol–water partition coefficient (Wildman–Crippen LogP) is 4.64. The summed E-state index contributed by atoms with van der Waals surface area (Å²) < 4.78 is 15.1. The van der Waals surface area contributed by atoms with E-state index in [0.717, 1.165) is 42.3 Å². The summed E-state index contributed by atoms with van der Waals surface area (Å²) in [5, 5.41) is 0. The van der Waals surface area contributed by atoms with Crippen molar-refractivity contribution in [2.75, 3.05) is 0 Å². The van der Waals surface area contributed by atoms with Crippen molar-refractivity contribution in [2.24, 2.45) is 0 Å². The van der Waals surface area contributed by atoms with Gasteiger partial charge in [0.25, 0.3) is 5.56 Å². The summed E-state index contributed by atoms with van der Waals surface area (Å²) in [5.41, 5.74) is 3.87. The summed E-state index contributed by atoms with van der Waals surface area (Å²) >= 11 is 0. The zero-order valence-electron chi connectivity index (χ0n) is 19.0. The van der Waals surface area contributed by atoms with Crippen LogP contribution in [0.4, 0.5) is 4.39 Å². The van der Waals surface area contributed by atoms with Crippen LogP contribution in [-0.2, 0) is 19.4 Å². The van der Waals surface area contributed by atoms with Crippen molar-refractivity contribution in [3.63, 3.8) is 0 Å². The molecular formula is C25H29FN4O2. The van der Waals surface area contributed by atoms with Crippen LogP contribution in [0.15, 0.2) is 46.0 Å². The summed E-state index contributed by atoms with van der Waals surface area (Å²) in [6, 6.07) is 10.5. The second kappa shape index (κ2) is 10.3. The van der Waals surface area contributed by atoms with E-state index in [1.807, 2.05) is 31.4 Å². The van der Waals surface area contributed by atoms with Crippen LogP contribution in [0, 0.1) is 12.7 Å². The lowest BCUT2D eigenvalue weighted by Gasteiger charge is -2.18. The van der Waals surface area contributed by atoms with Crippen LogP contribution in [0.1, 0.15) is 50.3 Å². The Kier molecular flexibility index (Phi) is 7.51. The normalized spacial score (nSPS) is 10.9. The minimum Gasteiger partial charge on any atom is -0.322 e. The number of H-pyrrole nitrogens is 1. The zero-order chi connectivity index (χ0) is 23.3. The molecule has 2 aliphatic heterocycles. The molecule has 2 aromatic rings. The van der Waals surface area contributed by atoms with Crippen molar-refractivity contribution >= 4 is 11.0 Å². The second-order valence-corrected chi connectivity index (χ2v) is 7.55. The van der Waals surface area contributed by atoms with Gasteiger partial charge in [-0.25, -0.2) is 14.2 Å². The third-order valence-corrected chi connectivity index (χ3v) is 5.35. The molecule has 32 heavy (non-hydrogen) atoms. The van der Waals surface area contributed by atoms with Gasteiger partial charge in [-0.05, 0) is 67.1 Å². The predicted molar refractivity (Wildman–Crippen MR) is 126 cm³/mol. The maximum Gasteiger partial charge on any atom is 0.349 e. The number of hydrogen-bond donors (Lipinski definition) is 1. The minimum absolute atomic E-state index is 0.159. The molecule has 4 rings (SSSR count). The van der Waals surface area contributed by atoms with E-state index in [-0.39, 0.29) is 11.5 Å². The van der Waals surface area contributed by atoms with Gasteiger partial charge in [0.05, 0.1) is 11.0 Å². The third-order valence-electron chi connectivity index (χ3n) is 5.35. The fourth-order valence-corrected chi connectivity index (χ4v) is 3.85. The molecule has 0 fully saturated rings. The van der Waals surface area contributed by atoms with Crippen LogP contribution in [0.5, 0.6) is 0 Å². The number of nitrogens with zero attached hydrogens (tertiary/aromatic N) is 3. The summed E-state index contributed by atoms with van der Waals surface area (Å²) in [4.78, 5) is 35.0. The molecule has 0 atom stereocenters. The zero-order valence-corrected chi connectivity index (χ0v) is 19.0. The van der Waals surface area contributed by atoms with E-state index < -0.39 is 11.2 Å². The quantitative estimate of drug-likeness (QED) is 0.447. The molecule has 2 aromatic carbocycles. The maximum atomic E-state index is 13.2. The summed E-state index contributed by atoms with van der Waals surface area (Å²) in [5.74, 6) is 0.0335. The second-order valence-electron chi connectivity index (χ2n) is 7.55. The van der Waals surface area contributed by atoms with Crippen LogP contribution >= 0.6 is 0 Å². The van der Waals surface area contributed by atoms with Gasteiger partial charge >= 0.3 is 5.69 Å². The van der Waals surface area contributed by atoms with Gasteiger partial charge in [0.2, 0.25) is 0 Å². The molecule has 0 saturated heterocycles. The number of aromatic amines is 1. The van der Waals surface area contributed by atoms with E-state index in [0.29, 0.717) is 17.9 Å². The lowest BCUT2D eigenvalue weighted by atomic mass is 10.0. The highest BCUT2D eigenvalue weighted by Gasteiger charge is 2.19. The minimum atomic E-state index is -0.679. The maximum absolute atomic E-state index is 13.2. The van der Waals surface area contributed by atoms with E-state index in [4.69, 9.17) is 0 Å². The molecule has 0 bridgehead atoms. The Balaban J connectivity index is 0.00000141. The van der Waals surface area contributed by atoms with Gasteiger partial charge in [-0.3, -0.25) is 9.78 Å². The number of benzene rings is 2. The fraction of sp³-hybridized carbons (Fsp3) is 0.360. The molecule has 2 heterocycles. The van der Waals surface area contributed by atoms with Crippen molar-refractivity contribution < 1.29 is 4.39 Å². The molecule has 0 radical (unpaired) electrons. The first-order chi connectivity index (χ1) is 15.5. The number of hydrogen-bond acceptors (Lipinski definition) is 4. The summed E-state index contributed by atoms with van der Waals surface area (Å²) in [7, 11) is 0. The van der Waals surface area contributed by atoms with Crippen molar-refractivity contribution in [2.45, 2.75) is 59.9 Å². The Bertz CT molecular complexity index is 1290. The lowest BCUT2D eigenvalue weighted by Crippen LogP contribution is -2.29. The number of halogens is 1. The molecule has 1 N–H and O–H groups in total. The molecule has 0 unspecified atom stereocenters. The fourth-order valence-electron chi connectivity index (χ4n) is 3.85. The lowest BCUT2D eigenvalue weighted by molar-refractivity contribution is 0.624. The Morgan fingerprint density at radius 1 is 1.03 bits per heavy atom. The molecule has 6 nitrogen and oxygen atoms in total. The molecule has 0 aliphatic carbocycles. The van der Waals surface area contributed by atoms with Gasteiger partial charge < -0.3 is 4.57 Å². The standard InChI is InChI=1S/C23H23FN4O2.C2H6/c1-3-5-16-13-19-18(12-14(16)2)25-20-21(26-23(30)27-22(20)29)28(19)11-4-6-15-7-9-17(24)10-8-15;1-2/h7-10,12-13H,3-6,11H2,1-2H3,(H,27,29,30);1-2H3. The first-order valence-electron chi connectivity index (χ1n) is 11.1. The van der Waals surface area contributed by atoms with Crippen LogP contribution in [0.3, 0.4) is 0 Å². The Labute approximate surface area is 186 Å². The van der Waals surface area contributed by atoms with E-state index in [2.05, 4.69) is 27.9 Å². The molecule has 0 aromatic heterocycles. The molecule has 2 aliphatic rings. The third kappa shape index (κ3) is 4.93. The largest absolute Gasteiger partial charge is 0.349 e. The number of rotatable bonds is 6. The number of fused-ring (bicyclic) bond motifs is 2. The van der Waals surface area contributed by atoms with Crippen LogP contribution in [0.2, 0.25) is 0 Å². The van der Waals surface area contributed by atoms with Crippen molar-refractivity contribution in [1.29, 1.82) is 0 Å². The first-order valence-corrected chi connectivity index (χ1v) is 11.1. The van der Waals surface area contributed by atoms with Crippen molar-refractivity contribution in [3.8, 4) is 11.5 Å². The molecule has 0 spiro atoms. The monoisotopic (exact) mass is 436 g/mol. The Hall–Kier alpha value is -3.35. The van der Waals surface area contributed by atoms with E-state index in [1.165, 1.54) is 17.7 Å². The van der Waals surface area contributed by atoms with Crippen molar-refractivity contribution in [1.82, 2.24) is 19.5 Å². The van der Waals surface area contributed by atoms with Gasteiger partial charge in [-0.15, -0.1) is 0 Å². The van der Waals surface area contributed by atoms with Gasteiger partial charge in [-0.2, -0.15) is 4.98 Å². The van der Waals surface area contributed by atoms with E-state index >= 15 is 0 Å². The number of aromatic nitrogens is 4. The SMILES string of the molecule is CC.CCCc1cc2c(cc1C)nc1c(=O)[nH]c(=O)nc-1n2CCCc1ccc(F)cc1. The average molecular weight is 437 g/mol. The first kappa shape index (κ1) is 23.3. The molecule has 168 valence electrons. The van der Waals surface area contributed by atoms with Crippen LogP contribution in [-0.4, -0.2) is 19.5 Å².